The van der Waals surface area contributed by atoms with Crippen molar-refractivity contribution in [2.24, 2.45) is 7.05 Å². The maximum atomic E-state index is 4.52. The van der Waals surface area contributed by atoms with Crippen LogP contribution in [0.5, 0.6) is 0 Å². The minimum atomic E-state index is 0.759. The highest BCUT2D eigenvalue weighted by Gasteiger charge is 2.14. The topological polar surface area (TPSA) is 88.1 Å². The van der Waals surface area contributed by atoms with Crippen LogP contribution < -0.4 is 0 Å². The molecule has 0 saturated carbocycles. The molecule has 2 N–H and O–H groups in total. The fourth-order valence-electron chi connectivity index (χ4n) is 3.12. The van der Waals surface area contributed by atoms with Gasteiger partial charge in [0.05, 0.1) is 29.3 Å². The quantitative estimate of drug-likeness (QED) is 0.520. The molecular weight excluding hydrogens is 314 g/mol. The highest BCUT2D eigenvalue weighted by molar-refractivity contribution is 5.95. The number of pyridine rings is 2. The average molecular weight is 329 g/mol. The lowest BCUT2D eigenvalue weighted by Crippen LogP contribution is -1.94. The number of imidazole rings is 1. The highest BCUT2D eigenvalue weighted by Crippen LogP contribution is 2.30. The molecule has 7 heteroatoms. The van der Waals surface area contributed by atoms with Gasteiger partial charge in [0, 0.05) is 35.8 Å². The predicted molar refractivity (Wildman–Crippen MR) is 95.9 cm³/mol. The van der Waals surface area contributed by atoms with E-state index >= 15 is 0 Å². The van der Waals surface area contributed by atoms with Crippen LogP contribution in [0.4, 0.5) is 0 Å². The van der Waals surface area contributed by atoms with Gasteiger partial charge in [-0.25, -0.2) is 9.97 Å². The number of nitrogens with one attached hydrogen (secondary N) is 2. The van der Waals surface area contributed by atoms with Crippen molar-refractivity contribution < 1.29 is 0 Å². The van der Waals surface area contributed by atoms with Crippen LogP contribution in [0.25, 0.3) is 44.6 Å². The summed E-state index contributed by atoms with van der Waals surface area (Å²) in [6.07, 6.45) is 7.31. The Morgan fingerprint density at radius 2 is 2.00 bits per heavy atom. The van der Waals surface area contributed by atoms with E-state index in [1.54, 1.807) is 6.20 Å². The van der Waals surface area contributed by atoms with Gasteiger partial charge in [0.2, 0.25) is 0 Å². The van der Waals surface area contributed by atoms with Gasteiger partial charge < -0.3 is 9.55 Å². The maximum absolute atomic E-state index is 4.52. The second-order valence-electron chi connectivity index (χ2n) is 6.09. The first-order valence-corrected chi connectivity index (χ1v) is 7.96. The minimum Gasteiger partial charge on any atom is -0.352 e. The third-order valence-corrected chi connectivity index (χ3v) is 4.61. The van der Waals surface area contributed by atoms with E-state index in [9.17, 15) is 0 Å². The van der Waals surface area contributed by atoms with E-state index in [0.29, 0.717) is 0 Å². The first-order valence-electron chi connectivity index (χ1n) is 7.96. The molecule has 5 rings (SSSR count). The van der Waals surface area contributed by atoms with Crippen LogP contribution in [-0.4, -0.2) is 34.7 Å². The largest absolute Gasteiger partial charge is 0.352 e. The molecule has 0 atom stereocenters. The van der Waals surface area contributed by atoms with Crippen LogP contribution in [-0.2, 0) is 7.05 Å². The van der Waals surface area contributed by atoms with Crippen molar-refractivity contribution in [3.63, 3.8) is 0 Å². The lowest BCUT2D eigenvalue weighted by Gasteiger charge is -2.04. The number of H-pyrrole nitrogens is 2. The van der Waals surface area contributed by atoms with Gasteiger partial charge in [-0.1, -0.05) is 0 Å². The standard InChI is InChI=1S/C18H15N7/c1-10-20-9-16(25(10)2)12-5-13-17(23-24-18(13)21-7-12)14-6-11-3-4-19-8-15(11)22-14/h3-9,22H,1-2H3,(H,21,23,24). The minimum absolute atomic E-state index is 0.759. The number of fused-ring (bicyclic) bond motifs is 2. The summed E-state index contributed by atoms with van der Waals surface area (Å²) in [5, 5.41) is 9.54. The Bertz CT molecular complexity index is 1190. The normalized spacial score (nSPS) is 11.6. The van der Waals surface area contributed by atoms with Crippen molar-refractivity contribution in [1.82, 2.24) is 34.7 Å². The van der Waals surface area contributed by atoms with Crippen molar-refractivity contribution in [1.29, 1.82) is 0 Å². The summed E-state index contributed by atoms with van der Waals surface area (Å²) < 4.78 is 2.05. The Balaban J connectivity index is 1.71. The lowest BCUT2D eigenvalue weighted by molar-refractivity contribution is 0.865. The van der Waals surface area contributed by atoms with Crippen molar-refractivity contribution in [2.45, 2.75) is 6.92 Å². The van der Waals surface area contributed by atoms with Crippen molar-refractivity contribution in [3.8, 4) is 22.6 Å². The summed E-state index contributed by atoms with van der Waals surface area (Å²) in [6, 6.07) is 6.15. The average Bonchev–Trinajstić information content (AvgIpc) is 3.31. The van der Waals surface area contributed by atoms with Crippen LogP contribution in [0.1, 0.15) is 5.82 Å². The molecule has 0 amide bonds. The van der Waals surface area contributed by atoms with E-state index in [2.05, 4.69) is 46.8 Å². The molecule has 5 aromatic heterocycles. The Hall–Kier alpha value is -3.48. The summed E-state index contributed by atoms with van der Waals surface area (Å²) in [5.41, 5.74) is 5.57. The van der Waals surface area contributed by atoms with E-state index < -0.39 is 0 Å². The number of rotatable bonds is 2. The van der Waals surface area contributed by atoms with Crippen molar-refractivity contribution in [3.05, 3.63) is 48.8 Å². The van der Waals surface area contributed by atoms with Gasteiger partial charge in [0.25, 0.3) is 0 Å². The molecule has 5 heterocycles. The number of aryl methyl sites for hydroxylation is 1. The fourth-order valence-corrected chi connectivity index (χ4v) is 3.12. The summed E-state index contributed by atoms with van der Waals surface area (Å²) in [7, 11) is 2.00. The van der Waals surface area contributed by atoms with Crippen molar-refractivity contribution in [2.75, 3.05) is 0 Å². The SMILES string of the molecule is Cc1ncc(-c2cnc3[nH]nc(-c4cc5ccncc5[nH]4)c3c2)n1C. The van der Waals surface area contributed by atoms with Gasteiger partial charge in [-0.15, -0.1) is 0 Å². The van der Waals surface area contributed by atoms with Crippen molar-refractivity contribution >= 4 is 21.9 Å². The first-order chi connectivity index (χ1) is 12.2. The molecular formula is C18H15N7. The third-order valence-electron chi connectivity index (χ3n) is 4.61. The monoisotopic (exact) mass is 329 g/mol. The summed E-state index contributed by atoms with van der Waals surface area (Å²) in [6.45, 7) is 1.98. The van der Waals surface area contributed by atoms with Crippen LogP contribution in [0.3, 0.4) is 0 Å². The van der Waals surface area contributed by atoms with E-state index in [0.717, 1.165) is 50.4 Å². The predicted octanol–water partition coefficient (Wildman–Crippen LogP) is 3.21. The van der Waals surface area contributed by atoms with Crippen LogP contribution in [0.2, 0.25) is 0 Å². The van der Waals surface area contributed by atoms with Gasteiger partial charge in [-0.3, -0.25) is 10.1 Å². The third kappa shape index (κ3) is 2.06. The molecule has 0 aromatic carbocycles. The van der Waals surface area contributed by atoms with Gasteiger partial charge in [0.15, 0.2) is 5.65 Å². The molecule has 0 radical (unpaired) electrons. The molecule has 0 fully saturated rings. The molecule has 0 spiro atoms. The zero-order valence-corrected chi connectivity index (χ0v) is 13.8. The number of aromatic nitrogens is 7. The number of aromatic amines is 2. The summed E-state index contributed by atoms with van der Waals surface area (Å²) in [5.74, 6) is 0.964. The molecule has 0 saturated heterocycles. The molecule has 122 valence electrons. The fraction of sp³-hybridized carbons (Fsp3) is 0.111. The van der Waals surface area contributed by atoms with E-state index in [4.69, 9.17) is 0 Å². The molecule has 0 unspecified atom stereocenters. The van der Waals surface area contributed by atoms with E-state index in [1.165, 1.54) is 0 Å². The molecule has 0 bridgehead atoms. The van der Waals surface area contributed by atoms with Gasteiger partial charge in [-0.2, -0.15) is 5.10 Å². The van der Waals surface area contributed by atoms with Gasteiger partial charge in [0.1, 0.15) is 11.5 Å². The number of nitrogens with zero attached hydrogens (tertiary/aromatic N) is 5. The molecule has 0 aliphatic carbocycles. The lowest BCUT2D eigenvalue weighted by atomic mass is 10.1. The first kappa shape index (κ1) is 13.9. The Morgan fingerprint density at radius 1 is 1.08 bits per heavy atom. The number of hydrogen-bond acceptors (Lipinski definition) is 4. The van der Waals surface area contributed by atoms with E-state index in [1.807, 2.05) is 38.6 Å². The second kappa shape index (κ2) is 5.01. The molecule has 0 aliphatic heterocycles. The second-order valence-corrected chi connectivity index (χ2v) is 6.09. The molecule has 0 aliphatic rings. The van der Waals surface area contributed by atoms with Crippen LogP contribution >= 0.6 is 0 Å². The summed E-state index contributed by atoms with van der Waals surface area (Å²) >= 11 is 0. The Morgan fingerprint density at radius 3 is 2.80 bits per heavy atom. The van der Waals surface area contributed by atoms with Crippen LogP contribution in [0.15, 0.2) is 43.0 Å². The zero-order valence-electron chi connectivity index (χ0n) is 13.8. The van der Waals surface area contributed by atoms with Gasteiger partial charge >= 0.3 is 0 Å². The van der Waals surface area contributed by atoms with E-state index in [-0.39, 0.29) is 0 Å². The maximum Gasteiger partial charge on any atom is 0.155 e. The molecule has 25 heavy (non-hydrogen) atoms. The highest BCUT2D eigenvalue weighted by atomic mass is 15.2. The van der Waals surface area contributed by atoms with Crippen LogP contribution in [0, 0.1) is 6.92 Å². The molecule has 5 aromatic rings. The molecule has 7 nitrogen and oxygen atoms in total. The Labute approximate surface area is 142 Å². The van der Waals surface area contributed by atoms with Gasteiger partial charge in [-0.05, 0) is 25.1 Å². The Kier molecular flexibility index (Phi) is 2.79. The number of hydrogen-bond donors (Lipinski definition) is 2. The summed E-state index contributed by atoms with van der Waals surface area (Å²) in [4.78, 5) is 16.4. The zero-order chi connectivity index (χ0) is 17.0. The smallest absolute Gasteiger partial charge is 0.155 e.